The molecule has 1 unspecified atom stereocenters. The molecule has 1 saturated carbocycles. The van der Waals surface area contributed by atoms with Gasteiger partial charge in [-0.2, -0.15) is 0 Å². The van der Waals surface area contributed by atoms with Crippen molar-refractivity contribution >= 4 is 19.8 Å². The van der Waals surface area contributed by atoms with Crippen molar-refractivity contribution in [2.75, 3.05) is 47.5 Å². The zero-order valence-electron chi connectivity index (χ0n) is 36.6. The van der Waals surface area contributed by atoms with Gasteiger partial charge in [0.25, 0.3) is 0 Å². The number of carbonyl (C=O) groups excluding carboxylic acids is 2. The summed E-state index contributed by atoms with van der Waals surface area (Å²) in [6.07, 6.45) is 16.6. The first-order valence-corrected chi connectivity index (χ1v) is 23.2. The van der Waals surface area contributed by atoms with Crippen molar-refractivity contribution < 1.29 is 61.8 Å². The summed E-state index contributed by atoms with van der Waals surface area (Å²) in [7, 11) is 1.27. The van der Waals surface area contributed by atoms with E-state index in [2.05, 4.69) is 27.7 Å². The number of furan rings is 1. The first-order chi connectivity index (χ1) is 27.5. The largest absolute Gasteiger partial charge is 0.472 e. The summed E-state index contributed by atoms with van der Waals surface area (Å²) < 4.78 is 40.3. The number of carbonyl (C=O) groups is 2. The first kappa shape index (κ1) is 51.8. The summed E-state index contributed by atoms with van der Waals surface area (Å²) in [5, 5.41) is 31.4. The molecule has 1 aromatic rings. The molecule has 7 atom stereocenters. The van der Waals surface area contributed by atoms with Gasteiger partial charge in [-0.1, -0.05) is 83.1 Å². The Morgan fingerprint density at radius 2 is 1.53 bits per heavy atom. The van der Waals surface area contributed by atoms with Crippen molar-refractivity contribution in [1.82, 2.24) is 0 Å². The summed E-state index contributed by atoms with van der Waals surface area (Å²) in [6, 6.07) is 0. The molecule has 334 valence electrons. The van der Waals surface area contributed by atoms with E-state index in [1.807, 2.05) is 21.1 Å². The third kappa shape index (κ3) is 21.3. The lowest BCUT2D eigenvalue weighted by Gasteiger charge is -2.24. The molecule has 58 heavy (non-hydrogen) atoms. The third-order valence-electron chi connectivity index (χ3n) is 10.8. The number of unbranched alkanes of at least 4 members (excludes halogenated alkanes) is 7. The number of nitrogens with zero attached hydrogens (tertiary/aromatic N) is 1. The molecule has 1 aromatic heterocycles. The summed E-state index contributed by atoms with van der Waals surface area (Å²) in [5.41, 5.74) is 2.53. The van der Waals surface area contributed by atoms with Crippen LogP contribution in [0.1, 0.15) is 133 Å². The van der Waals surface area contributed by atoms with Gasteiger partial charge in [-0.25, -0.2) is 4.57 Å². The molecule has 4 N–H and O–H groups in total. The van der Waals surface area contributed by atoms with Crippen LogP contribution in [0.25, 0.3) is 0 Å². The topological polar surface area (TPSA) is 182 Å². The average molecular weight is 843 g/mol. The number of aryl methyl sites for hydroxylation is 2. The fourth-order valence-electron chi connectivity index (χ4n) is 7.03. The van der Waals surface area contributed by atoms with E-state index in [4.69, 9.17) is 22.9 Å². The Kier molecular flexibility index (Phi) is 24.5. The minimum absolute atomic E-state index is 0.0278. The van der Waals surface area contributed by atoms with Gasteiger partial charge < -0.3 is 38.6 Å². The fraction of sp³-hybridized carbons (Fsp3) is 0.773. The van der Waals surface area contributed by atoms with Crippen LogP contribution < -0.4 is 0 Å². The predicted molar refractivity (Wildman–Crippen MR) is 225 cm³/mol. The normalized spacial score (nSPS) is 20.8. The van der Waals surface area contributed by atoms with Crippen molar-refractivity contribution in [2.24, 2.45) is 11.8 Å². The van der Waals surface area contributed by atoms with Crippen LogP contribution >= 0.6 is 7.82 Å². The number of phosphoric ester groups is 1. The van der Waals surface area contributed by atoms with E-state index in [0.717, 1.165) is 82.1 Å². The molecule has 13 nitrogen and oxygen atoms in total. The van der Waals surface area contributed by atoms with Gasteiger partial charge in [-0.3, -0.25) is 18.6 Å². The molecule has 1 aliphatic rings. The Morgan fingerprint density at radius 3 is 2.21 bits per heavy atom. The molecule has 1 fully saturated rings. The second kappa shape index (κ2) is 27.5. The van der Waals surface area contributed by atoms with Crippen molar-refractivity contribution in [3.8, 4) is 0 Å². The van der Waals surface area contributed by atoms with Crippen LogP contribution in [-0.4, -0.2) is 109 Å². The molecule has 1 heterocycles. The number of esters is 2. The van der Waals surface area contributed by atoms with E-state index in [0.29, 0.717) is 30.3 Å². The van der Waals surface area contributed by atoms with Crippen LogP contribution in [0.4, 0.5) is 0 Å². The highest BCUT2D eigenvalue weighted by Crippen LogP contribution is 2.43. The van der Waals surface area contributed by atoms with Gasteiger partial charge in [0.05, 0.1) is 52.5 Å². The lowest BCUT2D eigenvalue weighted by molar-refractivity contribution is -0.870. The number of aliphatic hydroxyl groups excluding tert-OH is 3. The molecule has 0 saturated heterocycles. The predicted octanol–water partition coefficient (Wildman–Crippen LogP) is 7.61. The minimum Gasteiger partial charge on any atom is -0.466 e. The highest BCUT2D eigenvalue weighted by Gasteiger charge is 2.39. The quantitative estimate of drug-likeness (QED) is 0.0189. The molecule has 0 spiro atoms. The number of allylic oxidation sites excluding steroid dienone is 1. The number of likely N-dealkylation sites (N-methyl/N-ethyl adjacent to an activating group) is 1. The Morgan fingerprint density at radius 1 is 0.862 bits per heavy atom. The number of phosphoric acid groups is 1. The van der Waals surface area contributed by atoms with Gasteiger partial charge in [0.1, 0.15) is 31.3 Å². The lowest BCUT2D eigenvalue weighted by Crippen LogP contribution is -2.37. The zero-order valence-corrected chi connectivity index (χ0v) is 37.5. The number of ether oxygens (including phenoxy) is 2. The van der Waals surface area contributed by atoms with Crippen molar-refractivity contribution in [3.63, 3.8) is 0 Å². The molecule has 0 bridgehead atoms. The maximum atomic E-state index is 12.8. The molecule has 14 heteroatoms. The number of hydrogen-bond acceptors (Lipinski definition) is 11. The van der Waals surface area contributed by atoms with Crippen LogP contribution in [0.2, 0.25) is 0 Å². The Balaban J connectivity index is 1.83. The maximum absolute atomic E-state index is 12.8. The van der Waals surface area contributed by atoms with E-state index >= 15 is 0 Å². The smallest absolute Gasteiger partial charge is 0.466 e. The van der Waals surface area contributed by atoms with E-state index in [9.17, 15) is 34.4 Å². The summed E-state index contributed by atoms with van der Waals surface area (Å²) in [5.74, 6) is 0.453. The van der Waals surface area contributed by atoms with E-state index in [1.54, 1.807) is 24.3 Å². The van der Waals surface area contributed by atoms with Gasteiger partial charge in [-0.05, 0) is 63.0 Å². The van der Waals surface area contributed by atoms with Crippen molar-refractivity contribution in [3.05, 3.63) is 47.0 Å². The van der Waals surface area contributed by atoms with E-state index in [-0.39, 0.29) is 44.3 Å². The molecule has 1 aliphatic carbocycles. The van der Waals surface area contributed by atoms with Gasteiger partial charge in [0.2, 0.25) is 0 Å². The summed E-state index contributed by atoms with van der Waals surface area (Å²) in [6.45, 7) is 8.06. The number of aliphatic hydroxyl groups is 3. The molecular weight excluding hydrogens is 765 g/mol. The van der Waals surface area contributed by atoms with Crippen LogP contribution in [0.5, 0.6) is 0 Å². The minimum atomic E-state index is -4.47. The number of quaternary nitrogens is 1. The first-order valence-electron chi connectivity index (χ1n) is 21.7. The molecular formula is C44H77NO12P+. The van der Waals surface area contributed by atoms with Crippen LogP contribution in [0.15, 0.2) is 28.7 Å². The van der Waals surface area contributed by atoms with E-state index in [1.165, 1.54) is 11.1 Å². The Bertz CT molecular complexity index is 1440. The number of rotatable bonds is 31. The van der Waals surface area contributed by atoms with Crippen LogP contribution in [-0.2, 0) is 45.5 Å². The monoisotopic (exact) mass is 843 g/mol. The zero-order chi connectivity index (χ0) is 43.1. The molecule has 2 rings (SSSR count). The van der Waals surface area contributed by atoms with Crippen molar-refractivity contribution in [2.45, 2.75) is 161 Å². The molecule has 0 aromatic carbocycles. The highest BCUT2D eigenvalue weighted by molar-refractivity contribution is 7.47. The molecule has 0 aliphatic heterocycles. The Labute approximate surface area is 348 Å². The van der Waals surface area contributed by atoms with Crippen LogP contribution in [0.3, 0.4) is 0 Å². The van der Waals surface area contributed by atoms with Crippen molar-refractivity contribution in [1.29, 1.82) is 0 Å². The van der Waals surface area contributed by atoms with Gasteiger partial charge in [-0.15, -0.1) is 0 Å². The molecule has 0 amide bonds. The second-order valence-electron chi connectivity index (χ2n) is 16.9. The highest BCUT2D eigenvalue weighted by atomic mass is 31.2. The third-order valence-corrected chi connectivity index (χ3v) is 11.7. The fourth-order valence-corrected chi connectivity index (χ4v) is 7.77. The summed E-state index contributed by atoms with van der Waals surface area (Å²) >= 11 is 0. The number of hydrogen-bond donors (Lipinski definition) is 4. The second-order valence-corrected chi connectivity index (χ2v) is 18.4. The molecule has 0 radical (unpaired) electrons. The Hall–Kier alpha value is -2.35. The summed E-state index contributed by atoms with van der Waals surface area (Å²) in [4.78, 5) is 35.7. The SMILES string of the molecule is CCCCC[C@@H](O)/C=C/[C@@H]1[C@H](C/C=C\CC(=O)OC[C@H](COP(=O)(O)OCC[N+](C)(C)C)OC(=O)CCCCCCCCc2oc(CCC)c(C)c2C)[C@@H](O)C[C@H]1O. The van der Waals surface area contributed by atoms with Gasteiger partial charge in [0, 0.05) is 31.6 Å². The van der Waals surface area contributed by atoms with Gasteiger partial charge in [0.15, 0.2) is 6.10 Å². The van der Waals surface area contributed by atoms with Crippen LogP contribution in [0, 0.1) is 25.7 Å². The lowest BCUT2D eigenvalue weighted by atomic mass is 9.89. The standard InChI is InChI=1S/C44H76NO12P/c1-8-10-15-21-35(46)26-27-38-37(39(47)30-40(38)48)22-18-19-24-43(49)53-31-36(32-55-58(51,52)54-29-28-45(5,6)7)56-44(50)25-17-14-12-11-13-16-23-42-34(4)33(3)41(57-42)20-9-2/h18-19,26-27,35-40,46-48H,8-17,20-25,28-32H2,1-7H3/p+1/b19-18-,27-26+/t35-,36-,37+,38-,39+,40-/m1/s1. The van der Waals surface area contributed by atoms with Gasteiger partial charge >= 0.3 is 19.8 Å². The average Bonchev–Trinajstić information content (AvgIpc) is 3.58. The maximum Gasteiger partial charge on any atom is 0.472 e. The van der Waals surface area contributed by atoms with E-state index < -0.39 is 50.8 Å².